The third-order valence-electron chi connectivity index (χ3n) is 9.30. The van der Waals surface area contributed by atoms with Crippen LogP contribution in [0.15, 0.2) is 170 Å². The molecule has 0 saturated heterocycles. The van der Waals surface area contributed by atoms with Gasteiger partial charge >= 0.3 is 11.9 Å². The predicted octanol–water partition coefficient (Wildman–Crippen LogP) is 12.0. The summed E-state index contributed by atoms with van der Waals surface area (Å²) in [7, 11) is 0. The maximum absolute atomic E-state index is 12.2. The topological polar surface area (TPSA) is 98.8 Å². The van der Waals surface area contributed by atoms with Crippen molar-refractivity contribution in [2.45, 2.75) is 48.0 Å². The molecule has 7 aromatic carbocycles. The second kappa shape index (κ2) is 21.4. The van der Waals surface area contributed by atoms with Crippen LogP contribution in [-0.2, 0) is 6.42 Å². The van der Waals surface area contributed by atoms with Gasteiger partial charge in [0.15, 0.2) is 5.78 Å². The van der Waals surface area contributed by atoms with Crippen LogP contribution in [0.5, 0.6) is 11.5 Å². The average molecular weight is 796 g/mol. The summed E-state index contributed by atoms with van der Waals surface area (Å²) in [6.07, 6.45) is 0.476. The van der Waals surface area contributed by atoms with Crippen molar-refractivity contribution in [3.8, 4) is 11.5 Å². The van der Waals surface area contributed by atoms with Gasteiger partial charge in [0.05, 0.1) is 11.1 Å². The second-order valence-corrected chi connectivity index (χ2v) is 14.6. The quantitative estimate of drug-likeness (QED) is 0.0887. The van der Waals surface area contributed by atoms with Crippen molar-refractivity contribution in [1.29, 1.82) is 0 Å². The highest BCUT2D eigenvalue weighted by molar-refractivity contribution is 6.04. The number of carbonyl (C=O) groups excluding carboxylic acids is 4. The van der Waals surface area contributed by atoms with E-state index in [4.69, 9.17) is 9.47 Å². The lowest BCUT2D eigenvalue weighted by Gasteiger charge is -2.07. The highest BCUT2D eigenvalue weighted by Crippen LogP contribution is 2.17. The number of hydrogen-bond acceptors (Lipinski definition) is 6. The van der Waals surface area contributed by atoms with Crippen LogP contribution in [0.3, 0.4) is 0 Å². The zero-order chi connectivity index (χ0) is 43.0. The van der Waals surface area contributed by atoms with Crippen molar-refractivity contribution >= 4 is 29.3 Å². The standard InChI is InChI=1S/C22H18O4.C16H16O.C15H15NO/c1-15-3-11-19(12-4-15)25-21(23)17-7-9-18(10-8-17)22(24)26-20-13-5-16(2)6-14-20;1-12-3-7-14(8-4-12)11-16(17)15-9-5-13(2)6-10-15;1-11-3-7-13(8-4-11)15(17)16-14-9-5-12(2)6-10-14/h3-14H,1-2H3;3-10H,11H2,1-2H3;3-10H,1-2H3,(H,16,17). The summed E-state index contributed by atoms with van der Waals surface area (Å²) >= 11 is 0. The molecule has 0 aliphatic heterocycles. The largest absolute Gasteiger partial charge is 0.423 e. The first-order valence-electron chi connectivity index (χ1n) is 19.6. The Bertz CT molecular complexity index is 2310. The normalized spacial score (nSPS) is 10.2. The lowest BCUT2D eigenvalue weighted by molar-refractivity contribution is 0.0720. The Kier molecular flexibility index (Phi) is 15.6. The molecule has 0 heterocycles. The fourth-order valence-corrected chi connectivity index (χ4v) is 5.56. The Morgan fingerprint density at radius 2 is 0.667 bits per heavy atom. The summed E-state index contributed by atoms with van der Waals surface area (Å²) in [5.41, 5.74) is 11.0. The molecule has 7 nitrogen and oxygen atoms in total. The number of nitrogens with one attached hydrogen (secondary N) is 1. The highest BCUT2D eigenvalue weighted by Gasteiger charge is 2.13. The van der Waals surface area contributed by atoms with Crippen molar-refractivity contribution < 1.29 is 28.7 Å². The fourth-order valence-electron chi connectivity index (χ4n) is 5.56. The van der Waals surface area contributed by atoms with E-state index in [1.807, 2.05) is 163 Å². The summed E-state index contributed by atoms with van der Waals surface area (Å²) in [6.45, 7) is 12.0. The summed E-state index contributed by atoms with van der Waals surface area (Å²) in [5.74, 6) is 0.0919. The number of amides is 1. The van der Waals surface area contributed by atoms with Gasteiger partial charge in [0.1, 0.15) is 11.5 Å². The molecule has 7 aromatic rings. The molecule has 0 radical (unpaired) electrons. The number of Topliss-reactive ketones (excluding diaryl/α,β-unsaturated/α-hetero) is 1. The van der Waals surface area contributed by atoms with Crippen LogP contribution in [-0.4, -0.2) is 23.6 Å². The monoisotopic (exact) mass is 795 g/mol. The number of esters is 2. The van der Waals surface area contributed by atoms with Crippen LogP contribution in [0.2, 0.25) is 0 Å². The third kappa shape index (κ3) is 13.9. The number of anilines is 1. The minimum atomic E-state index is -0.479. The summed E-state index contributed by atoms with van der Waals surface area (Å²) in [4.78, 5) is 48.2. The van der Waals surface area contributed by atoms with Gasteiger partial charge in [0.2, 0.25) is 0 Å². The molecule has 0 aliphatic rings. The van der Waals surface area contributed by atoms with E-state index in [0.717, 1.165) is 33.5 Å². The molecule has 0 unspecified atom stereocenters. The van der Waals surface area contributed by atoms with Crippen LogP contribution in [0.25, 0.3) is 0 Å². The Hall–Kier alpha value is -7.38. The molecule has 0 aromatic heterocycles. The van der Waals surface area contributed by atoms with Crippen molar-refractivity contribution in [2.75, 3.05) is 5.32 Å². The predicted molar refractivity (Wildman–Crippen MR) is 239 cm³/mol. The van der Waals surface area contributed by atoms with Gasteiger partial charge < -0.3 is 14.8 Å². The molecule has 302 valence electrons. The number of benzene rings is 7. The first-order chi connectivity index (χ1) is 28.8. The van der Waals surface area contributed by atoms with E-state index in [1.54, 1.807) is 48.5 Å². The van der Waals surface area contributed by atoms with E-state index in [1.165, 1.54) is 16.7 Å². The number of carbonyl (C=O) groups is 4. The van der Waals surface area contributed by atoms with E-state index in [0.29, 0.717) is 34.6 Å². The lowest BCUT2D eigenvalue weighted by atomic mass is 10.0. The number of ketones is 1. The Labute approximate surface area is 352 Å². The van der Waals surface area contributed by atoms with Crippen molar-refractivity contribution in [3.05, 3.63) is 231 Å². The first-order valence-corrected chi connectivity index (χ1v) is 19.6. The summed E-state index contributed by atoms with van der Waals surface area (Å²) < 4.78 is 10.6. The average Bonchev–Trinajstić information content (AvgIpc) is 3.25. The maximum atomic E-state index is 12.2. The van der Waals surface area contributed by atoms with Crippen molar-refractivity contribution in [1.82, 2.24) is 0 Å². The van der Waals surface area contributed by atoms with Crippen LogP contribution < -0.4 is 14.8 Å². The number of aryl methyl sites for hydroxylation is 6. The van der Waals surface area contributed by atoms with E-state index in [9.17, 15) is 19.2 Å². The molecule has 0 fully saturated rings. The van der Waals surface area contributed by atoms with Gasteiger partial charge in [-0.3, -0.25) is 9.59 Å². The smallest absolute Gasteiger partial charge is 0.343 e. The molecule has 0 bridgehead atoms. The molecule has 7 rings (SSSR count). The van der Waals surface area contributed by atoms with Crippen molar-refractivity contribution in [2.24, 2.45) is 0 Å². The van der Waals surface area contributed by atoms with Crippen LogP contribution in [0.1, 0.15) is 80.4 Å². The summed E-state index contributed by atoms with van der Waals surface area (Å²) in [6, 6.07) is 51.7. The highest BCUT2D eigenvalue weighted by atomic mass is 16.5. The molecule has 0 spiro atoms. The summed E-state index contributed by atoms with van der Waals surface area (Å²) in [5, 5.41) is 2.87. The molecule has 1 amide bonds. The maximum Gasteiger partial charge on any atom is 0.343 e. The van der Waals surface area contributed by atoms with Gasteiger partial charge in [-0.15, -0.1) is 0 Å². The molecule has 1 N–H and O–H groups in total. The first kappa shape index (κ1) is 43.7. The van der Waals surface area contributed by atoms with Crippen LogP contribution in [0, 0.1) is 41.5 Å². The van der Waals surface area contributed by atoms with Crippen molar-refractivity contribution in [3.63, 3.8) is 0 Å². The van der Waals surface area contributed by atoms with Gasteiger partial charge in [0.25, 0.3) is 5.91 Å². The minimum Gasteiger partial charge on any atom is -0.423 e. The molecule has 0 aliphatic carbocycles. The molecule has 7 heteroatoms. The molecular formula is C53H49NO6. The van der Waals surface area contributed by atoms with Crippen LogP contribution >= 0.6 is 0 Å². The van der Waals surface area contributed by atoms with Gasteiger partial charge in [-0.25, -0.2) is 9.59 Å². The van der Waals surface area contributed by atoms with E-state index in [2.05, 4.69) is 5.32 Å². The number of hydrogen-bond donors (Lipinski definition) is 1. The molecule has 0 saturated carbocycles. The van der Waals surface area contributed by atoms with Gasteiger partial charge in [-0.2, -0.15) is 0 Å². The fraction of sp³-hybridized carbons (Fsp3) is 0.132. The minimum absolute atomic E-state index is 0.0751. The van der Waals surface area contributed by atoms with Gasteiger partial charge in [-0.1, -0.05) is 130 Å². The Morgan fingerprint density at radius 1 is 0.367 bits per heavy atom. The second-order valence-electron chi connectivity index (χ2n) is 14.6. The number of rotatable bonds is 9. The third-order valence-corrected chi connectivity index (χ3v) is 9.30. The van der Waals surface area contributed by atoms with E-state index in [-0.39, 0.29) is 11.7 Å². The molecular weight excluding hydrogens is 747 g/mol. The zero-order valence-corrected chi connectivity index (χ0v) is 34.8. The van der Waals surface area contributed by atoms with Gasteiger partial charge in [0, 0.05) is 23.2 Å². The van der Waals surface area contributed by atoms with E-state index >= 15 is 0 Å². The Balaban J connectivity index is 0.000000177. The number of ether oxygens (including phenoxy) is 2. The zero-order valence-electron chi connectivity index (χ0n) is 34.8. The van der Waals surface area contributed by atoms with E-state index < -0.39 is 11.9 Å². The lowest BCUT2D eigenvalue weighted by Crippen LogP contribution is -2.11. The Morgan fingerprint density at radius 3 is 1.05 bits per heavy atom. The SMILES string of the molecule is Cc1ccc(CC(=O)c2ccc(C)cc2)cc1.Cc1ccc(NC(=O)c2ccc(C)cc2)cc1.Cc1ccc(OC(=O)c2ccc(C(=O)Oc3ccc(C)cc3)cc2)cc1. The molecule has 0 atom stereocenters. The van der Waals surface area contributed by atoms with Crippen LogP contribution in [0.4, 0.5) is 5.69 Å². The van der Waals surface area contributed by atoms with Gasteiger partial charge in [-0.05, 0) is 120 Å². The molecule has 60 heavy (non-hydrogen) atoms.